The van der Waals surface area contributed by atoms with Gasteiger partial charge in [-0.3, -0.25) is 0 Å². The van der Waals surface area contributed by atoms with Crippen LogP contribution >= 0.6 is 0 Å². The third-order valence-corrected chi connectivity index (χ3v) is 8.94. The van der Waals surface area contributed by atoms with Crippen LogP contribution in [0.4, 0.5) is 0 Å². The summed E-state index contributed by atoms with van der Waals surface area (Å²) in [6.07, 6.45) is 0. The van der Waals surface area contributed by atoms with E-state index in [2.05, 4.69) is 48.7 Å². The summed E-state index contributed by atoms with van der Waals surface area (Å²) in [5.74, 6) is 0. The summed E-state index contributed by atoms with van der Waals surface area (Å²) in [6.45, 7) is 7.40. The van der Waals surface area contributed by atoms with Crippen molar-refractivity contribution in [2.75, 3.05) is 13.1 Å². The molecule has 0 unspecified atom stereocenters. The lowest BCUT2D eigenvalue weighted by Gasteiger charge is -2.31. The maximum atomic E-state index is 2.72. The van der Waals surface area contributed by atoms with Crippen molar-refractivity contribution >= 4 is 13.4 Å². The van der Waals surface area contributed by atoms with Gasteiger partial charge >= 0.3 is 0 Å². The topological polar surface area (TPSA) is 3.01 Å². The van der Waals surface area contributed by atoms with E-state index < -0.39 is 8.24 Å². The molecule has 1 heterocycles. The molecule has 1 fully saturated rings. The van der Waals surface area contributed by atoms with Crippen LogP contribution in [0.1, 0.15) is 13.8 Å². The quantitative estimate of drug-likeness (QED) is 0.538. The smallest absolute Gasteiger partial charge is 0.159 e. The fourth-order valence-electron chi connectivity index (χ4n) is 2.51. The first-order valence-electron chi connectivity index (χ1n) is 5.64. The highest BCUT2D eigenvalue weighted by atomic mass is 28.3. The first-order chi connectivity index (χ1) is 6.83. The summed E-state index contributed by atoms with van der Waals surface area (Å²) < 4.78 is 2.72. The maximum Gasteiger partial charge on any atom is 0.159 e. The zero-order chi connectivity index (χ0) is 10.0. The minimum Gasteiger partial charge on any atom is -0.317 e. The lowest BCUT2D eigenvalue weighted by atomic mass is 10.4. The minimum atomic E-state index is -1.25. The Morgan fingerprint density at radius 1 is 1.07 bits per heavy atom. The normalized spacial score (nSPS) is 17.0. The third-order valence-electron chi connectivity index (χ3n) is 3.53. The SMILES string of the molecule is CC[Si](CC)(c1ccccc1)N1CC1. The van der Waals surface area contributed by atoms with Gasteiger partial charge in [0.2, 0.25) is 0 Å². The molecule has 0 bridgehead atoms. The van der Waals surface area contributed by atoms with E-state index in [1.165, 1.54) is 25.2 Å². The van der Waals surface area contributed by atoms with Crippen LogP contribution < -0.4 is 5.19 Å². The van der Waals surface area contributed by atoms with Crippen LogP contribution in [0.3, 0.4) is 0 Å². The molecule has 1 aromatic rings. The Morgan fingerprint density at radius 3 is 2.07 bits per heavy atom. The Morgan fingerprint density at radius 2 is 1.64 bits per heavy atom. The molecule has 14 heavy (non-hydrogen) atoms. The first kappa shape index (κ1) is 9.93. The second kappa shape index (κ2) is 3.87. The molecule has 0 radical (unpaired) electrons. The van der Waals surface area contributed by atoms with Gasteiger partial charge in [0.1, 0.15) is 0 Å². The predicted molar refractivity (Wildman–Crippen MR) is 64.4 cm³/mol. The van der Waals surface area contributed by atoms with Crippen LogP contribution in [0.25, 0.3) is 0 Å². The van der Waals surface area contributed by atoms with Crippen LogP contribution in [0.2, 0.25) is 12.1 Å². The molecule has 0 N–H and O–H groups in total. The summed E-state index contributed by atoms with van der Waals surface area (Å²) in [4.78, 5) is 0. The largest absolute Gasteiger partial charge is 0.317 e. The number of benzene rings is 1. The molecule has 0 saturated carbocycles. The van der Waals surface area contributed by atoms with Crippen molar-refractivity contribution in [3.63, 3.8) is 0 Å². The Balaban J connectivity index is 2.34. The van der Waals surface area contributed by atoms with Crippen molar-refractivity contribution in [3.05, 3.63) is 30.3 Å². The van der Waals surface area contributed by atoms with Crippen molar-refractivity contribution in [2.24, 2.45) is 0 Å². The van der Waals surface area contributed by atoms with Crippen LogP contribution in [0.15, 0.2) is 30.3 Å². The number of nitrogens with zero attached hydrogens (tertiary/aromatic N) is 1. The van der Waals surface area contributed by atoms with E-state index in [0.29, 0.717) is 0 Å². The molecule has 0 amide bonds. The van der Waals surface area contributed by atoms with Gasteiger partial charge in [0, 0.05) is 13.1 Å². The summed E-state index contributed by atoms with van der Waals surface area (Å²) in [5.41, 5.74) is 0. The Labute approximate surface area is 87.8 Å². The molecule has 76 valence electrons. The van der Waals surface area contributed by atoms with E-state index in [4.69, 9.17) is 0 Å². The highest BCUT2D eigenvalue weighted by molar-refractivity contribution is 6.89. The van der Waals surface area contributed by atoms with E-state index in [1.807, 2.05) is 0 Å². The fraction of sp³-hybridized carbons (Fsp3) is 0.500. The van der Waals surface area contributed by atoms with Gasteiger partial charge in [0.15, 0.2) is 8.24 Å². The van der Waals surface area contributed by atoms with Crippen molar-refractivity contribution < 1.29 is 0 Å². The molecule has 0 spiro atoms. The molecule has 0 aromatic heterocycles. The minimum absolute atomic E-state index is 1.25. The van der Waals surface area contributed by atoms with Crippen molar-refractivity contribution in [1.82, 2.24) is 4.57 Å². The average molecular weight is 205 g/mol. The highest BCUT2D eigenvalue weighted by Gasteiger charge is 2.43. The number of rotatable bonds is 4. The molecule has 1 nitrogen and oxygen atoms in total. The Hall–Kier alpha value is -0.603. The van der Waals surface area contributed by atoms with Gasteiger partial charge in [0.25, 0.3) is 0 Å². The van der Waals surface area contributed by atoms with Crippen molar-refractivity contribution in [3.8, 4) is 0 Å². The third kappa shape index (κ3) is 1.53. The molecule has 1 aliphatic heterocycles. The summed E-state index contributed by atoms with van der Waals surface area (Å²) >= 11 is 0. The van der Waals surface area contributed by atoms with Crippen molar-refractivity contribution in [2.45, 2.75) is 25.9 Å². The molecular weight excluding hydrogens is 186 g/mol. The lowest BCUT2D eigenvalue weighted by molar-refractivity contribution is 0.822. The molecule has 2 rings (SSSR count). The first-order valence-corrected chi connectivity index (χ1v) is 8.00. The van der Waals surface area contributed by atoms with Gasteiger partial charge in [0.05, 0.1) is 0 Å². The van der Waals surface area contributed by atoms with Gasteiger partial charge in [-0.25, -0.2) is 0 Å². The van der Waals surface area contributed by atoms with Gasteiger partial charge in [-0.1, -0.05) is 44.2 Å². The monoisotopic (exact) mass is 205 g/mol. The zero-order valence-corrected chi connectivity index (χ0v) is 10.2. The molecule has 0 atom stereocenters. The second-order valence-electron chi connectivity index (χ2n) is 4.09. The van der Waals surface area contributed by atoms with Crippen LogP contribution in [0, 0.1) is 0 Å². The molecular formula is C12H19NSi. The van der Waals surface area contributed by atoms with E-state index in [0.717, 1.165) is 0 Å². The van der Waals surface area contributed by atoms with Gasteiger partial charge in [-0.05, 0) is 17.3 Å². The van der Waals surface area contributed by atoms with E-state index >= 15 is 0 Å². The summed E-state index contributed by atoms with van der Waals surface area (Å²) in [5, 5.41) is 1.63. The molecule has 1 aliphatic rings. The molecule has 0 aliphatic carbocycles. The molecule has 2 heteroatoms. The molecule has 1 aromatic carbocycles. The summed E-state index contributed by atoms with van der Waals surface area (Å²) in [6, 6.07) is 13.9. The van der Waals surface area contributed by atoms with Crippen molar-refractivity contribution in [1.29, 1.82) is 0 Å². The highest BCUT2D eigenvalue weighted by Crippen LogP contribution is 2.26. The van der Waals surface area contributed by atoms with E-state index in [-0.39, 0.29) is 0 Å². The Bertz CT molecular complexity index is 288. The Kier molecular flexibility index (Phi) is 2.75. The number of hydrogen-bond donors (Lipinski definition) is 0. The predicted octanol–water partition coefficient (Wildman–Crippen LogP) is 2.19. The van der Waals surface area contributed by atoms with Crippen LogP contribution in [0.5, 0.6) is 0 Å². The standard InChI is InChI=1S/C12H19NSi/c1-3-14(4-2,13-10-11-13)12-8-6-5-7-9-12/h5-9H,3-4,10-11H2,1-2H3. The number of hydrogen-bond acceptors (Lipinski definition) is 1. The maximum absolute atomic E-state index is 2.72. The van der Waals surface area contributed by atoms with E-state index in [1.54, 1.807) is 5.19 Å². The van der Waals surface area contributed by atoms with Gasteiger partial charge < -0.3 is 4.57 Å². The van der Waals surface area contributed by atoms with E-state index in [9.17, 15) is 0 Å². The van der Waals surface area contributed by atoms with Gasteiger partial charge in [-0.2, -0.15) is 0 Å². The van der Waals surface area contributed by atoms with Gasteiger partial charge in [-0.15, -0.1) is 0 Å². The van der Waals surface area contributed by atoms with Crippen LogP contribution in [-0.2, 0) is 0 Å². The second-order valence-corrected chi connectivity index (χ2v) is 8.78. The van der Waals surface area contributed by atoms with Crippen LogP contribution in [-0.4, -0.2) is 25.9 Å². The summed E-state index contributed by atoms with van der Waals surface area (Å²) in [7, 11) is -1.25. The fourth-order valence-corrected chi connectivity index (χ4v) is 6.86. The average Bonchev–Trinajstić information content (AvgIpc) is 3.07. The zero-order valence-electron chi connectivity index (χ0n) is 9.16. The molecule has 1 saturated heterocycles. The lowest BCUT2D eigenvalue weighted by Crippen LogP contribution is -2.54.